The van der Waals surface area contributed by atoms with E-state index in [2.05, 4.69) is 10.2 Å². The van der Waals surface area contributed by atoms with E-state index in [1.54, 1.807) is 6.92 Å². The molecule has 1 aliphatic rings. The number of hydroxylamine groups is 2. The monoisotopic (exact) mass is 174 g/mol. The molecule has 0 radical (unpaired) electrons. The first kappa shape index (κ1) is 8.82. The molecule has 1 atom stereocenters. The average molecular weight is 174 g/mol. The molecule has 1 amide bonds. The van der Waals surface area contributed by atoms with Crippen LogP contribution < -0.4 is 5.32 Å². The molecule has 0 aliphatic carbocycles. The van der Waals surface area contributed by atoms with Crippen LogP contribution in [-0.4, -0.2) is 34.0 Å². The molecule has 1 heterocycles. The van der Waals surface area contributed by atoms with Gasteiger partial charge >= 0.3 is 0 Å². The molecule has 1 rings (SSSR count). The van der Waals surface area contributed by atoms with Gasteiger partial charge in [-0.25, -0.2) is 0 Å². The zero-order valence-corrected chi connectivity index (χ0v) is 6.52. The molecule has 6 heteroatoms. The maximum atomic E-state index is 11.1. The molecule has 0 fully saturated rings. The Morgan fingerprint density at radius 2 is 2.58 bits per heavy atom. The van der Waals surface area contributed by atoms with Crippen molar-refractivity contribution in [1.29, 1.82) is 0 Å². The summed E-state index contributed by atoms with van der Waals surface area (Å²) in [4.78, 5) is 15.4. The van der Waals surface area contributed by atoms with E-state index in [1.807, 2.05) is 0 Å². The van der Waals surface area contributed by atoms with Crippen LogP contribution in [0.15, 0.2) is 12.0 Å². The SMILES string of the molecule is CCNC(=O)C1C(O)=CON1O. The van der Waals surface area contributed by atoms with Crippen molar-refractivity contribution in [3.63, 3.8) is 0 Å². The molecule has 0 saturated carbocycles. The number of likely N-dealkylation sites (N-methyl/N-ethyl adjacent to an activating group) is 1. The van der Waals surface area contributed by atoms with Gasteiger partial charge in [-0.05, 0) is 12.2 Å². The highest BCUT2D eigenvalue weighted by Gasteiger charge is 2.35. The quantitative estimate of drug-likeness (QED) is 0.527. The molecule has 1 aliphatic heterocycles. The van der Waals surface area contributed by atoms with Crippen molar-refractivity contribution in [3.05, 3.63) is 12.0 Å². The zero-order valence-electron chi connectivity index (χ0n) is 6.52. The van der Waals surface area contributed by atoms with Gasteiger partial charge in [0.1, 0.15) is 0 Å². The Morgan fingerprint density at radius 1 is 1.92 bits per heavy atom. The van der Waals surface area contributed by atoms with Gasteiger partial charge in [0.15, 0.2) is 12.0 Å². The number of amides is 1. The summed E-state index contributed by atoms with van der Waals surface area (Å²) < 4.78 is 0. The number of carbonyl (C=O) groups is 1. The van der Waals surface area contributed by atoms with Crippen molar-refractivity contribution in [3.8, 4) is 0 Å². The fourth-order valence-electron chi connectivity index (χ4n) is 0.852. The summed E-state index contributed by atoms with van der Waals surface area (Å²) in [6, 6.07) is -1.15. The smallest absolute Gasteiger partial charge is 0.251 e. The number of aliphatic hydroxyl groups is 1. The van der Waals surface area contributed by atoms with E-state index in [1.165, 1.54) is 0 Å². The molecule has 0 bridgehead atoms. The van der Waals surface area contributed by atoms with E-state index in [9.17, 15) is 4.79 Å². The lowest BCUT2D eigenvalue weighted by Crippen LogP contribution is -2.43. The molecule has 0 saturated heterocycles. The van der Waals surface area contributed by atoms with E-state index < -0.39 is 11.9 Å². The van der Waals surface area contributed by atoms with Crippen LogP contribution >= 0.6 is 0 Å². The highest BCUT2D eigenvalue weighted by Crippen LogP contribution is 2.14. The lowest BCUT2D eigenvalue weighted by Gasteiger charge is -2.14. The largest absolute Gasteiger partial charge is 0.507 e. The van der Waals surface area contributed by atoms with Gasteiger partial charge in [0.2, 0.25) is 6.04 Å². The predicted octanol–water partition coefficient (Wildman–Crippen LogP) is -0.473. The number of nitrogens with zero attached hydrogens (tertiary/aromatic N) is 1. The van der Waals surface area contributed by atoms with Crippen molar-refractivity contribution >= 4 is 5.91 Å². The molecule has 0 aromatic rings. The standard InChI is InChI=1S/C6H10N2O4/c1-2-7-6(10)5-4(9)3-12-8(5)11/h3,5,9,11H,2H2,1H3,(H,7,10). The van der Waals surface area contributed by atoms with Gasteiger partial charge in [0, 0.05) is 6.54 Å². The number of rotatable bonds is 2. The van der Waals surface area contributed by atoms with Gasteiger partial charge in [-0.2, -0.15) is 0 Å². The predicted molar refractivity (Wildman–Crippen MR) is 37.9 cm³/mol. The Hall–Kier alpha value is -1.27. The number of nitrogens with one attached hydrogen (secondary N) is 1. The van der Waals surface area contributed by atoms with E-state index in [4.69, 9.17) is 10.3 Å². The van der Waals surface area contributed by atoms with Gasteiger partial charge in [-0.15, -0.1) is 0 Å². The molecule has 0 aromatic heterocycles. The normalized spacial score (nSPS) is 23.2. The number of aliphatic hydroxyl groups excluding tert-OH is 1. The first-order valence-corrected chi connectivity index (χ1v) is 3.48. The lowest BCUT2D eigenvalue weighted by molar-refractivity contribution is -0.308. The molecular formula is C6H10N2O4. The fourth-order valence-corrected chi connectivity index (χ4v) is 0.852. The Balaban J connectivity index is 2.61. The maximum absolute atomic E-state index is 11.1. The van der Waals surface area contributed by atoms with Gasteiger partial charge in [-0.3, -0.25) is 10.0 Å². The van der Waals surface area contributed by atoms with E-state index >= 15 is 0 Å². The van der Waals surface area contributed by atoms with Crippen molar-refractivity contribution in [2.24, 2.45) is 0 Å². The summed E-state index contributed by atoms with van der Waals surface area (Å²) in [5.41, 5.74) is 0. The second-order valence-corrected chi connectivity index (χ2v) is 2.25. The molecule has 1 unspecified atom stereocenters. The van der Waals surface area contributed by atoms with Crippen molar-refractivity contribution in [2.45, 2.75) is 13.0 Å². The van der Waals surface area contributed by atoms with Crippen LogP contribution in [0.25, 0.3) is 0 Å². The lowest BCUT2D eigenvalue weighted by atomic mass is 10.2. The molecule has 68 valence electrons. The first-order chi connectivity index (χ1) is 5.66. The molecular weight excluding hydrogens is 164 g/mol. The Kier molecular flexibility index (Phi) is 2.51. The van der Waals surface area contributed by atoms with E-state index in [0.717, 1.165) is 6.26 Å². The van der Waals surface area contributed by atoms with Gasteiger partial charge in [0.25, 0.3) is 5.91 Å². The van der Waals surface area contributed by atoms with Gasteiger partial charge in [0.05, 0.1) is 0 Å². The summed E-state index contributed by atoms with van der Waals surface area (Å²) in [5.74, 6) is -0.824. The minimum atomic E-state index is -1.15. The number of carbonyl (C=O) groups excluding carboxylic acids is 1. The van der Waals surface area contributed by atoms with Crippen LogP contribution in [0.3, 0.4) is 0 Å². The minimum Gasteiger partial charge on any atom is -0.507 e. The maximum Gasteiger partial charge on any atom is 0.251 e. The summed E-state index contributed by atoms with van der Waals surface area (Å²) >= 11 is 0. The second-order valence-electron chi connectivity index (χ2n) is 2.25. The van der Waals surface area contributed by atoms with Crippen molar-refractivity contribution in [2.75, 3.05) is 6.54 Å². The molecule has 0 aromatic carbocycles. The van der Waals surface area contributed by atoms with Crippen LogP contribution in [0, 0.1) is 0 Å². The summed E-state index contributed by atoms with van der Waals surface area (Å²) in [6.07, 6.45) is 0.903. The van der Waals surface area contributed by atoms with Crippen LogP contribution in [0.4, 0.5) is 0 Å². The van der Waals surface area contributed by atoms with Gasteiger partial charge in [-0.1, -0.05) is 0 Å². The summed E-state index contributed by atoms with van der Waals surface area (Å²) in [6.45, 7) is 2.16. The highest BCUT2D eigenvalue weighted by molar-refractivity contribution is 5.84. The Bertz CT molecular complexity index is 216. The number of hydrogen-bond acceptors (Lipinski definition) is 5. The molecule has 3 N–H and O–H groups in total. The summed E-state index contributed by atoms with van der Waals surface area (Å²) in [5, 5.41) is 20.6. The van der Waals surface area contributed by atoms with Gasteiger partial charge < -0.3 is 15.3 Å². The topological polar surface area (TPSA) is 82.0 Å². The molecule has 12 heavy (non-hydrogen) atoms. The van der Waals surface area contributed by atoms with Crippen molar-refractivity contribution in [1.82, 2.24) is 10.5 Å². The third-order valence-corrected chi connectivity index (χ3v) is 1.38. The van der Waals surface area contributed by atoms with E-state index in [-0.39, 0.29) is 5.76 Å². The second kappa shape index (κ2) is 3.42. The summed E-state index contributed by atoms with van der Waals surface area (Å²) in [7, 11) is 0. The van der Waals surface area contributed by atoms with Crippen LogP contribution in [0.5, 0.6) is 0 Å². The first-order valence-electron chi connectivity index (χ1n) is 3.48. The fraction of sp³-hybridized carbons (Fsp3) is 0.500. The van der Waals surface area contributed by atoms with Crippen LogP contribution in [-0.2, 0) is 9.63 Å². The van der Waals surface area contributed by atoms with Crippen molar-refractivity contribution < 1.29 is 19.9 Å². The van der Waals surface area contributed by atoms with Crippen LogP contribution in [0.2, 0.25) is 0 Å². The number of hydrogen-bond donors (Lipinski definition) is 3. The minimum absolute atomic E-state index is 0.292. The Morgan fingerprint density at radius 3 is 3.00 bits per heavy atom. The average Bonchev–Trinajstić information content (AvgIpc) is 2.32. The molecule has 6 nitrogen and oxygen atoms in total. The zero-order chi connectivity index (χ0) is 9.14. The Labute approximate surface area is 68.9 Å². The third kappa shape index (κ3) is 1.49. The highest BCUT2D eigenvalue weighted by atomic mass is 16.9. The van der Waals surface area contributed by atoms with Crippen LogP contribution in [0.1, 0.15) is 6.92 Å². The van der Waals surface area contributed by atoms with E-state index in [0.29, 0.717) is 11.8 Å². The third-order valence-electron chi connectivity index (χ3n) is 1.38. The molecule has 0 spiro atoms.